The SMILES string of the molecule is [B]CC[C@@H]1CC[C@@H](CNC(=O)CNC(=O)OC(C)(C)C)[C@@H](C(=O)O)C1. The van der Waals surface area contributed by atoms with Gasteiger partial charge in [0.2, 0.25) is 5.91 Å². The molecular formula is C17H29BN2O5. The number of nitrogens with one attached hydrogen (secondary N) is 2. The minimum atomic E-state index is -0.826. The number of amides is 2. The zero-order chi connectivity index (χ0) is 19.0. The Kier molecular flexibility index (Phi) is 8.25. The number of aliphatic carboxylic acids is 1. The topological polar surface area (TPSA) is 105 Å². The van der Waals surface area contributed by atoms with Crippen LogP contribution in [0.3, 0.4) is 0 Å². The molecule has 2 radical (unpaired) electrons. The van der Waals surface area contributed by atoms with E-state index in [9.17, 15) is 19.5 Å². The van der Waals surface area contributed by atoms with Gasteiger partial charge in [-0.2, -0.15) is 0 Å². The first-order chi connectivity index (χ1) is 11.6. The Balaban J connectivity index is 2.39. The summed E-state index contributed by atoms with van der Waals surface area (Å²) in [5.74, 6) is -1.42. The number of hydrogen-bond acceptors (Lipinski definition) is 4. The van der Waals surface area contributed by atoms with E-state index < -0.39 is 23.6 Å². The number of rotatable bonds is 7. The number of ether oxygens (including phenoxy) is 1. The maximum Gasteiger partial charge on any atom is 0.408 e. The van der Waals surface area contributed by atoms with Gasteiger partial charge in [0.15, 0.2) is 0 Å². The zero-order valence-corrected chi connectivity index (χ0v) is 15.3. The molecule has 1 rings (SSSR count). The average Bonchev–Trinajstić information content (AvgIpc) is 2.50. The molecule has 0 aromatic heterocycles. The number of hydrogen-bond donors (Lipinski definition) is 3. The quantitative estimate of drug-likeness (QED) is 0.605. The summed E-state index contributed by atoms with van der Waals surface area (Å²) >= 11 is 0. The van der Waals surface area contributed by atoms with Crippen molar-refractivity contribution >= 4 is 25.8 Å². The summed E-state index contributed by atoms with van der Waals surface area (Å²) in [7, 11) is 5.56. The Labute approximate surface area is 150 Å². The van der Waals surface area contributed by atoms with Crippen LogP contribution in [-0.4, -0.2) is 49.6 Å². The van der Waals surface area contributed by atoms with Crippen molar-refractivity contribution in [3.8, 4) is 0 Å². The summed E-state index contributed by atoms with van der Waals surface area (Å²) in [6.45, 7) is 5.30. The van der Waals surface area contributed by atoms with E-state index >= 15 is 0 Å². The van der Waals surface area contributed by atoms with Gasteiger partial charge in [0.05, 0.1) is 20.3 Å². The van der Waals surface area contributed by atoms with Crippen LogP contribution in [0.2, 0.25) is 6.32 Å². The van der Waals surface area contributed by atoms with Crippen LogP contribution in [0, 0.1) is 17.8 Å². The van der Waals surface area contributed by atoms with Crippen molar-refractivity contribution in [1.82, 2.24) is 10.6 Å². The second-order valence-corrected chi connectivity index (χ2v) is 7.62. The molecule has 0 bridgehead atoms. The highest BCUT2D eigenvalue weighted by Gasteiger charge is 2.34. The Morgan fingerprint density at radius 2 is 1.88 bits per heavy atom. The van der Waals surface area contributed by atoms with E-state index in [4.69, 9.17) is 12.6 Å². The molecule has 1 aliphatic carbocycles. The third kappa shape index (κ3) is 8.27. The van der Waals surface area contributed by atoms with Crippen LogP contribution in [0.1, 0.15) is 46.5 Å². The van der Waals surface area contributed by atoms with Crippen LogP contribution in [0.4, 0.5) is 4.79 Å². The number of carbonyl (C=O) groups excluding carboxylic acids is 2. The maximum absolute atomic E-state index is 11.9. The van der Waals surface area contributed by atoms with Crippen LogP contribution in [0.25, 0.3) is 0 Å². The first-order valence-electron chi connectivity index (χ1n) is 8.78. The van der Waals surface area contributed by atoms with Crippen molar-refractivity contribution in [3.05, 3.63) is 0 Å². The van der Waals surface area contributed by atoms with Gasteiger partial charge in [-0.1, -0.05) is 19.2 Å². The molecule has 2 amide bonds. The first-order valence-corrected chi connectivity index (χ1v) is 8.78. The molecule has 3 N–H and O–H groups in total. The van der Waals surface area contributed by atoms with Gasteiger partial charge in [0.25, 0.3) is 0 Å². The van der Waals surface area contributed by atoms with Gasteiger partial charge in [0.1, 0.15) is 5.60 Å². The summed E-state index contributed by atoms with van der Waals surface area (Å²) in [6, 6.07) is 0. The standard InChI is InChI=1S/C17H29BN2O5/c1-17(2,3)25-16(24)20-10-14(21)19-9-12-5-4-11(6-7-18)8-13(12)15(22)23/h11-13H,4-10H2,1-3H3,(H,19,21)(H,20,24)(H,22,23)/t11-,12-,13-/m0/s1. The van der Waals surface area contributed by atoms with Gasteiger partial charge >= 0.3 is 12.1 Å². The summed E-state index contributed by atoms with van der Waals surface area (Å²) in [6.07, 6.45) is 3.02. The van der Waals surface area contributed by atoms with E-state index in [1.807, 2.05) is 0 Å². The van der Waals surface area contributed by atoms with Gasteiger partial charge in [-0.3, -0.25) is 9.59 Å². The number of carbonyl (C=O) groups is 3. The van der Waals surface area contributed by atoms with Crippen molar-refractivity contribution in [2.45, 2.75) is 58.4 Å². The first kappa shape index (κ1) is 21.3. The molecule has 8 heteroatoms. The minimum Gasteiger partial charge on any atom is -0.481 e. The lowest BCUT2D eigenvalue weighted by molar-refractivity contribution is -0.146. The van der Waals surface area contributed by atoms with E-state index in [0.29, 0.717) is 25.2 Å². The van der Waals surface area contributed by atoms with Crippen LogP contribution < -0.4 is 10.6 Å². The molecule has 7 nitrogen and oxygen atoms in total. The predicted molar refractivity (Wildman–Crippen MR) is 94.4 cm³/mol. The van der Waals surface area contributed by atoms with E-state index in [-0.39, 0.29) is 18.4 Å². The van der Waals surface area contributed by atoms with Gasteiger partial charge in [-0.25, -0.2) is 4.79 Å². The number of alkyl carbamates (subject to hydrolysis) is 1. The summed E-state index contributed by atoms with van der Waals surface area (Å²) in [4.78, 5) is 34.9. The maximum atomic E-state index is 11.9. The summed E-state index contributed by atoms with van der Waals surface area (Å²) in [5.41, 5.74) is -0.628. The molecule has 0 heterocycles. The van der Waals surface area contributed by atoms with Crippen LogP contribution in [-0.2, 0) is 14.3 Å². The van der Waals surface area contributed by atoms with Gasteiger partial charge in [-0.05, 0) is 45.4 Å². The smallest absolute Gasteiger partial charge is 0.408 e. The molecule has 0 aromatic carbocycles. The van der Waals surface area contributed by atoms with E-state index in [0.717, 1.165) is 19.3 Å². The molecule has 1 fully saturated rings. The summed E-state index contributed by atoms with van der Waals surface area (Å²) < 4.78 is 5.05. The number of carboxylic acid groups (broad SMARTS) is 1. The predicted octanol–water partition coefficient (Wildman–Crippen LogP) is 1.72. The fraction of sp³-hybridized carbons (Fsp3) is 0.824. The second-order valence-electron chi connectivity index (χ2n) is 7.62. The van der Waals surface area contributed by atoms with E-state index in [1.165, 1.54) is 0 Å². The fourth-order valence-corrected chi connectivity index (χ4v) is 3.14. The molecule has 1 saturated carbocycles. The van der Waals surface area contributed by atoms with Crippen LogP contribution in [0.15, 0.2) is 0 Å². The van der Waals surface area contributed by atoms with Crippen molar-refractivity contribution in [2.75, 3.05) is 13.1 Å². The monoisotopic (exact) mass is 352 g/mol. The zero-order valence-electron chi connectivity index (χ0n) is 15.3. The second kappa shape index (κ2) is 9.68. The summed E-state index contributed by atoms with van der Waals surface area (Å²) in [5, 5.41) is 14.5. The minimum absolute atomic E-state index is 0.1000. The van der Waals surface area contributed by atoms with Crippen LogP contribution >= 0.6 is 0 Å². The lowest BCUT2D eigenvalue weighted by Gasteiger charge is -2.34. The van der Waals surface area contributed by atoms with Crippen molar-refractivity contribution < 1.29 is 24.2 Å². The Morgan fingerprint density at radius 1 is 1.20 bits per heavy atom. The molecule has 0 aromatic rings. The van der Waals surface area contributed by atoms with E-state index in [2.05, 4.69) is 10.6 Å². The molecular weight excluding hydrogens is 323 g/mol. The molecule has 140 valence electrons. The molecule has 0 saturated heterocycles. The lowest BCUT2D eigenvalue weighted by Crippen LogP contribution is -2.43. The van der Waals surface area contributed by atoms with Crippen molar-refractivity contribution in [3.63, 3.8) is 0 Å². The number of carboxylic acids is 1. The average molecular weight is 352 g/mol. The largest absolute Gasteiger partial charge is 0.481 e. The molecule has 25 heavy (non-hydrogen) atoms. The van der Waals surface area contributed by atoms with Gasteiger partial charge in [-0.15, -0.1) is 0 Å². The molecule has 1 aliphatic rings. The fourth-order valence-electron chi connectivity index (χ4n) is 3.14. The Morgan fingerprint density at radius 3 is 2.44 bits per heavy atom. The molecule has 3 atom stereocenters. The van der Waals surface area contributed by atoms with Gasteiger partial charge < -0.3 is 20.5 Å². The molecule has 0 spiro atoms. The highest BCUT2D eigenvalue weighted by atomic mass is 16.6. The van der Waals surface area contributed by atoms with Gasteiger partial charge in [0, 0.05) is 6.54 Å². The highest BCUT2D eigenvalue weighted by Crippen LogP contribution is 2.36. The Bertz CT molecular complexity index is 478. The van der Waals surface area contributed by atoms with Crippen LogP contribution in [0.5, 0.6) is 0 Å². The third-order valence-corrected chi connectivity index (χ3v) is 4.35. The van der Waals surface area contributed by atoms with E-state index in [1.54, 1.807) is 20.8 Å². The molecule has 0 aliphatic heterocycles. The third-order valence-electron chi connectivity index (χ3n) is 4.35. The highest BCUT2D eigenvalue weighted by molar-refractivity contribution is 6.08. The van der Waals surface area contributed by atoms with Crippen molar-refractivity contribution in [1.29, 1.82) is 0 Å². The normalized spacial score (nSPS) is 23.6. The lowest BCUT2D eigenvalue weighted by atomic mass is 9.71. The van der Waals surface area contributed by atoms with Crippen molar-refractivity contribution in [2.24, 2.45) is 17.8 Å². The Hall–Kier alpha value is -1.73. The molecule has 0 unspecified atom stereocenters.